The molecule has 0 saturated heterocycles. The molecule has 0 N–H and O–H groups in total. The first kappa shape index (κ1) is 13.8. The normalized spacial score (nSPS) is 12.4. The van der Waals surface area contributed by atoms with E-state index in [1.54, 1.807) is 18.0 Å². The molecule has 2 aromatic carbocycles. The van der Waals surface area contributed by atoms with Crippen molar-refractivity contribution in [1.29, 1.82) is 0 Å². The van der Waals surface area contributed by atoms with E-state index in [9.17, 15) is 4.55 Å². The predicted octanol–water partition coefficient (Wildman–Crippen LogP) is 4.27. The molecule has 0 heterocycles. The molecule has 0 aliphatic rings. The quantitative estimate of drug-likeness (QED) is 0.623. The van der Waals surface area contributed by atoms with Crippen LogP contribution in [-0.2, 0) is 11.2 Å². The molecule has 0 aromatic heterocycles. The van der Waals surface area contributed by atoms with Crippen LogP contribution < -0.4 is 0 Å². The minimum atomic E-state index is -1.03. The third-order valence-corrected chi connectivity index (χ3v) is 4.75. The van der Waals surface area contributed by atoms with E-state index in [1.165, 1.54) is 0 Å². The third-order valence-electron chi connectivity index (χ3n) is 2.57. The molecule has 2 rings (SSSR count). The summed E-state index contributed by atoms with van der Waals surface area (Å²) in [5, 5.41) is 0.713. The van der Waals surface area contributed by atoms with Crippen molar-refractivity contribution in [2.45, 2.75) is 9.79 Å². The number of halogens is 1. The van der Waals surface area contributed by atoms with Gasteiger partial charge in [0.25, 0.3) is 0 Å². The number of hydrogen-bond acceptors (Lipinski definition) is 2. The molecular formula is C14H12ClOS2. The molecule has 0 spiro atoms. The van der Waals surface area contributed by atoms with E-state index in [0.29, 0.717) is 5.02 Å². The van der Waals surface area contributed by atoms with Gasteiger partial charge in [0.1, 0.15) is 6.26 Å². The molecule has 93 valence electrons. The van der Waals surface area contributed by atoms with Gasteiger partial charge in [-0.25, -0.2) is 0 Å². The van der Waals surface area contributed by atoms with Crippen molar-refractivity contribution in [2.24, 2.45) is 0 Å². The first-order chi connectivity index (χ1) is 8.63. The van der Waals surface area contributed by atoms with Crippen LogP contribution in [0.5, 0.6) is 0 Å². The third kappa shape index (κ3) is 2.86. The Hall–Kier alpha value is -0.610. The standard InChI is InChI=1S/C14H12ClOS2/c1-17-13-8-7-10(9-12(13)15)11-5-3-4-6-14(11)18(2)16/h3-4,6-9H,1-2H3. The van der Waals surface area contributed by atoms with Gasteiger partial charge in [-0.15, -0.1) is 11.8 Å². The first-order valence-electron chi connectivity index (χ1n) is 5.31. The second-order valence-electron chi connectivity index (χ2n) is 3.71. The number of benzene rings is 2. The smallest absolute Gasteiger partial charge is 0.160 e. The molecule has 0 saturated carbocycles. The van der Waals surface area contributed by atoms with Crippen LogP contribution in [-0.4, -0.2) is 17.1 Å². The minimum Gasteiger partial charge on any atom is -0.612 e. The monoisotopic (exact) mass is 295 g/mol. The Balaban J connectivity index is 2.52. The van der Waals surface area contributed by atoms with E-state index < -0.39 is 11.2 Å². The minimum absolute atomic E-state index is 0.713. The largest absolute Gasteiger partial charge is 0.612 e. The molecule has 1 radical (unpaired) electrons. The number of rotatable bonds is 3. The van der Waals surface area contributed by atoms with Crippen molar-refractivity contribution in [2.75, 3.05) is 12.5 Å². The molecule has 0 aliphatic heterocycles. The molecule has 18 heavy (non-hydrogen) atoms. The van der Waals surface area contributed by atoms with Crippen molar-refractivity contribution in [3.05, 3.63) is 47.5 Å². The maximum atomic E-state index is 11.7. The molecule has 1 unspecified atom stereocenters. The summed E-state index contributed by atoms with van der Waals surface area (Å²) in [6.07, 6.45) is 3.66. The van der Waals surface area contributed by atoms with E-state index in [0.717, 1.165) is 20.9 Å². The van der Waals surface area contributed by atoms with Gasteiger partial charge in [-0.2, -0.15) is 0 Å². The van der Waals surface area contributed by atoms with Crippen LogP contribution >= 0.6 is 23.4 Å². The number of thioether (sulfide) groups is 1. The average Bonchev–Trinajstić information content (AvgIpc) is 2.38. The van der Waals surface area contributed by atoms with Crippen LogP contribution in [0, 0.1) is 6.07 Å². The zero-order valence-corrected chi connectivity index (χ0v) is 12.5. The molecule has 1 atom stereocenters. The average molecular weight is 296 g/mol. The molecular weight excluding hydrogens is 284 g/mol. The summed E-state index contributed by atoms with van der Waals surface area (Å²) in [4.78, 5) is 1.82. The summed E-state index contributed by atoms with van der Waals surface area (Å²) in [5.74, 6) is 0. The highest BCUT2D eigenvalue weighted by atomic mass is 35.5. The van der Waals surface area contributed by atoms with E-state index in [2.05, 4.69) is 6.07 Å². The summed E-state index contributed by atoms with van der Waals surface area (Å²) >= 11 is 6.77. The maximum absolute atomic E-state index is 11.7. The molecule has 4 heteroatoms. The highest BCUT2D eigenvalue weighted by Gasteiger charge is 2.13. The lowest BCUT2D eigenvalue weighted by molar-refractivity contribution is 0.601. The van der Waals surface area contributed by atoms with Gasteiger partial charge in [0.15, 0.2) is 4.90 Å². The Bertz CT molecular complexity index is 555. The Morgan fingerprint density at radius 2 is 2.11 bits per heavy atom. The first-order valence-corrected chi connectivity index (χ1v) is 8.47. The molecule has 0 aliphatic carbocycles. The van der Waals surface area contributed by atoms with Crippen LogP contribution in [0.3, 0.4) is 0 Å². The summed E-state index contributed by atoms with van der Waals surface area (Å²) < 4.78 is 11.7. The van der Waals surface area contributed by atoms with Gasteiger partial charge in [-0.05, 0) is 47.3 Å². The fourth-order valence-electron chi connectivity index (χ4n) is 1.71. The lowest BCUT2D eigenvalue weighted by Gasteiger charge is -2.11. The van der Waals surface area contributed by atoms with Gasteiger partial charge in [-0.1, -0.05) is 29.8 Å². The van der Waals surface area contributed by atoms with Gasteiger partial charge >= 0.3 is 0 Å². The Morgan fingerprint density at radius 3 is 2.72 bits per heavy atom. The summed E-state index contributed by atoms with van der Waals surface area (Å²) in [5.41, 5.74) is 1.80. The van der Waals surface area contributed by atoms with Gasteiger partial charge in [0.2, 0.25) is 0 Å². The van der Waals surface area contributed by atoms with Crippen LogP contribution in [0.1, 0.15) is 0 Å². The van der Waals surface area contributed by atoms with Gasteiger partial charge in [0, 0.05) is 10.5 Å². The molecule has 0 amide bonds. The molecule has 2 aromatic rings. The lowest BCUT2D eigenvalue weighted by Crippen LogP contribution is -1.99. The van der Waals surface area contributed by atoms with Gasteiger partial charge in [-0.3, -0.25) is 0 Å². The lowest BCUT2D eigenvalue weighted by atomic mass is 10.1. The second kappa shape index (κ2) is 6.02. The fraction of sp³-hybridized carbons (Fsp3) is 0.143. The number of hydrogen-bond donors (Lipinski definition) is 0. The topological polar surface area (TPSA) is 23.1 Å². The van der Waals surface area contributed by atoms with Crippen molar-refractivity contribution >= 4 is 34.5 Å². The maximum Gasteiger partial charge on any atom is 0.160 e. The van der Waals surface area contributed by atoms with E-state index in [4.69, 9.17) is 11.6 Å². The molecule has 1 nitrogen and oxygen atoms in total. The van der Waals surface area contributed by atoms with Crippen LogP contribution in [0.2, 0.25) is 5.02 Å². The van der Waals surface area contributed by atoms with E-state index >= 15 is 0 Å². The summed E-state index contributed by atoms with van der Waals surface area (Å²) in [7, 11) is 0. The summed E-state index contributed by atoms with van der Waals surface area (Å²) in [6, 6.07) is 14.5. The van der Waals surface area contributed by atoms with Gasteiger partial charge < -0.3 is 4.55 Å². The van der Waals surface area contributed by atoms with E-state index in [1.807, 2.05) is 42.7 Å². The van der Waals surface area contributed by atoms with Crippen LogP contribution in [0.4, 0.5) is 0 Å². The predicted molar refractivity (Wildman–Crippen MR) is 79.8 cm³/mol. The Labute approximate surface area is 120 Å². The van der Waals surface area contributed by atoms with Crippen LogP contribution in [0.25, 0.3) is 11.1 Å². The van der Waals surface area contributed by atoms with Crippen LogP contribution in [0.15, 0.2) is 46.2 Å². The van der Waals surface area contributed by atoms with E-state index in [-0.39, 0.29) is 0 Å². The van der Waals surface area contributed by atoms with Crippen molar-refractivity contribution < 1.29 is 4.55 Å². The molecule has 0 bridgehead atoms. The summed E-state index contributed by atoms with van der Waals surface area (Å²) in [6.45, 7) is 0. The zero-order valence-electron chi connectivity index (χ0n) is 10.1. The SMILES string of the molecule is CSc1ccc(-c2[c]cccc2[S+](C)[O-])cc1Cl. The zero-order chi connectivity index (χ0) is 13.1. The Kier molecular flexibility index (Phi) is 4.62. The van der Waals surface area contributed by atoms with Gasteiger partial charge in [0.05, 0.1) is 5.02 Å². The highest BCUT2D eigenvalue weighted by Crippen LogP contribution is 2.33. The molecule has 0 fully saturated rings. The van der Waals surface area contributed by atoms with Crippen molar-refractivity contribution in [3.8, 4) is 11.1 Å². The highest BCUT2D eigenvalue weighted by molar-refractivity contribution is 7.98. The fourth-order valence-corrected chi connectivity index (χ4v) is 3.31. The Morgan fingerprint density at radius 1 is 1.33 bits per heavy atom. The second-order valence-corrected chi connectivity index (χ2v) is 6.32. The van der Waals surface area contributed by atoms with Crippen molar-refractivity contribution in [3.63, 3.8) is 0 Å². The van der Waals surface area contributed by atoms with Crippen molar-refractivity contribution in [1.82, 2.24) is 0 Å².